The predicted molar refractivity (Wildman–Crippen MR) is 78.1 cm³/mol. The fourth-order valence-electron chi connectivity index (χ4n) is 3.19. The average molecular weight is 271 g/mol. The number of nitrogens with two attached hydrogens (primary N) is 1. The topological polar surface area (TPSA) is 64.1 Å². The van der Waals surface area contributed by atoms with Crippen molar-refractivity contribution < 1.29 is 4.42 Å². The molecule has 2 unspecified atom stereocenters. The van der Waals surface area contributed by atoms with Gasteiger partial charge in [-0.05, 0) is 49.4 Å². The Labute approximate surface area is 119 Å². The van der Waals surface area contributed by atoms with Crippen LogP contribution in [0.3, 0.4) is 0 Å². The molecule has 0 saturated carbocycles. The fourth-order valence-corrected chi connectivity index (χ4v) is 3.19. The molecule has 4 nitrogen and oxygen atoms in total. The van der Waals surface area contributed by atoms with Crippen LogP contribution >= 0.6 is 0 Å². The van der Waals surface area contributed by atoms with Crippen molar-refractivity contribution in [1.82, 2.24) is 10.4 Å². The maximum absolute atomic E-state index is 5.79. The lowest BCUT2D eigenvalue weighted by Gasteiger charge is -2.30. The van der Waals surface area contributed by atoms with Crippen molar-refractivity contribution in [3.05, 3.63) is 53.7 Å². The van der Waals surface area contributed by atoms with E-state index in [0.717, 1.165) is 31.4 Å². The standard InChI is InChI=1S/C16H21N3O/c17-19-15(9-8-13-6-3-11-20-13)14-7-1-4-12-5-2-10-18-16(12)14/h2-3,5-6,10-11,14-15,19H,1,4,7-9,17H2. The van der Waals surface area contributed by atoms with Crippen molar-refractivity contribution in [3.63, 3.8) is 0 Å². The molecule has 1 aliphatic carbocycles. The first-order valence-electron chi connectivity index (χ1n) is 7.31. The highest BCUT2D eigenvalue weighted by Gasteiger charge is 2.28. The van der Waals surface area contributed by atoms with E-state index in [-0.39, 0.29) is 6.04 Å². The Bertz CT molecular complexity index is 538. The van der Waals surface area contributed by atoms with Crippen molar-refractivity contribution in [2.45, 2.75) is 44.1 Å². The van der Waals surface area contributed by atoms with Gasteiger partial charge in [0.25, 0.3) is 0 Å². The molecule has 2 aromatic heterocycles. The molecule has 2 aromatic rings. The maximum Gasteiger partial charge on any atom is 0.103 e. The minimum Gasteiger partial charge on any atom is -0.469 e. The van der Waals surface area contributed by atoms with E-state index in [1.54, 1.807) is 6.26 Å². The summed E-state index contributed by atoms with van der Waals surface area (Å²) in [5, 5.41) is 0. The molecule has 4 heteroatoms. The second-order valence-corrected chi connectivity index (χ2v) is 5.44. The number of nitrogens with zero attached hydrogens (tertiary/aromatic N) is 1. The summed E-state index contributed by atoms with van der Waals surface area (Å²) in [4.78, 5) is 4.60. The SMILES string of the molecule is NNC(CCc1ccco1)C1CCCc2cccnc21. The van der Waals surface area contributed by atoms with Crippen LogP contribution in [0.1, 0.15) is 42.2 Å². The first kappa shape index (κ1) is 13.3. The Hall–Kier alpha value is -1.65. The van der Waals surface area contributed by atoms with Gasteiger partial charge in [-0.1, -0.05) is 6.07 Å². The number of hydrogen-bond acceptors (Lipinski definition) is 4. The number of hydrogen-bond donors (Lipinski definition) is 2. The molecular formula is C16H21N3O. The minimum absolute atomic E-state index is 0.244. The van der Waals surface area contributed by atoms with Crippen LogP contribution in [-0.4, -0.2) is 11.0 Å². The van der Waals surface area contributed by atoms with E-state index in [1.807, 2.05) is 24.4 Å². The van der Waals surface area contributed by atoms with Gasteiger partial charge in [0.15, 0.2) is 0 Å². The first-order chi connectivity index (χ1) is 9.88. The van der Waals surface area contributed by atoms with E-state index in [4.69, 9.17) is 10.3 Å². The highest BCUT2D eigenvalue weighted by atomic mass is 16.3. The summed E-state index contributed by atoms with van der Waals surface area (Å²) in [6.07, 6.45) is 8.97. The van der Waals surface area contributed by atoms with Gasteiger partial charge in [-0.25, -0.2) is 0 Å². The highest BCUT2D eigenvalue weighted by molar-refractivity contribution is 5.27. The van der Waals surface area contributed by atoms with Crippen LogP contribution in [0.15, 0.2) is 41.1 Å². The van der Waals surface area contributed by atoms with E-state index in [0.29, 0.717) is 5.92 Å². The van der Waals surface area contributed by atoms with Crippen LogP contribution in [0, 0.1) is 0 Å². The zero-order valence-electron chi connectivity index (χ0n) is 11.6. The third kappa shape index (κ3) is 2.76. The van der Waals surface area contributed by atoms with Gasteiger partial charge in [0.1, 0.15) is 5.76 Å². The molecule has 0 aliphatic heterocycles. The molecule has 2 heterocycles. The molecule has 0 aromatic carbocycles. The Morgan fingerprint density at radius 2 is 2.35 bits per heavy atom. The molecule has 0 bridgehead atoms. The molecule has 0 fully saturated rings. The van der Waals surface area contributed by atoms with Crippen LogP contribution in [-0.2, 0) is 12.8 Å². The highest BCUT2D eigenvalue weighted by Crippen LogP contribution is 2.33. The third-order valence-corrected chi connectivity index (χ3v) is 4.22. The zero-order chi connectivity index (χ0) is 13.8. The molecule has 3 N–H and O–H groups in total. The van der Waals surface area contributed by atoms with Gasteiger partial charge in [-0.2, -0.15) is 0 Å². The average Bonchev–Trinajstić information content (AvgIpc) is 3.01. The van der Waals surface area contributed by atoms with Crippen molar-refractivity contribution in [1.29, 1.82) is 0 Å². The van der Waals surface area contributed by atoms with E-state index in [2.05, 4.69) is 16.5 Å². The number of furan rings is 1. The van der Waals surface area contributed by atoms with Gasteiger partial charge >= 0.3 is 0 Å². The van der Waals surface area contributed by atoms with Crippen LogP contribution in [0.25, 0.3) is 0 Å². The number of rotatable bonds is 5. The van der Waals surface area contributed by atoms with Crippen molar-refractivity contribution in [2.75, 3.05) is 0 Å². The molecule has 0 radical (unpaired) electrons. The number of aryl methyl sites for hydroxylation is 2. The number of nitrogens with one attached hydrogen (secondary N) is 1. The Morgan fingerprint density at radius 1 is 1.40 bits per heavy atom. The summed E-state index contributed by atoms with van der Waals surface area (Å²) in [6.45, 7) is 0. The molecule has 0 amide bonds. The van der Waals surface area contributed by atoms with Gasteiger partial charge in [0, 0.05) is 30.3 Å². The molecule has 2 atom stereocenters. The number of fused-ring (bicyclic) bond motifs is 1. The van der Waals surface area contributed by atoms with Crippen molar-refractivity contribution in [2.24, 2.45) is 5.84 Å². The summed E-state index contributed by atoms with van der Waals surface area (Å²) < 4.78 is 5.40. The van der Waals surface area contributed by atoms with Crippen molar-refractivity contribution in [3.8, 4) is 0 Å². The van der Waals surface area contributed by atoms with Crippen molar-refractivity contribution >= 4 is 0 Å². The molecule has 0 saturated heterocycles. The largest absolute Gasteiger partial charge is 0.469 e. The Kier molecular flexibility index (Phi) is 4.14. The smallest absolute Gasteiger partial charge is 0.103 e. The zero-order valence-corrected chi connectivity index (χ0v) is 11.6. The lowest BCUT2D eigenvalue weighted by atomic mass is 9.80. The monoisotopic (exact) mass is 271 g/mol. The Balaban J connectivity index is 1.73. The first-order valence-corrected chi connectivity index (χ1v) is 7.31. The second-order valence-electron chi connectivity index (χ2n) is 5.44. The summed E-state index contributed by atoms with van der Waals surface area (Å²) in [7, 11) is 0. The summed E-state index contributed by atoms with van der Waals surface area (Å²) in [5.41, 5.74) is 5.59. The third-order valence-electron chi connectivity index (χ3n) is 4.22. The molecule has 0 spiro atoms. The van der Waals surface area contributed by atoms with E-state index in [9.17, 15) is 0 Å². The lowest BCUT2D eigenvalue weighted by molar-refractivity contribution is 0.361. The number of hydrazine groups is 1. The van der Waals surface area contributed by atoms with Gasteiger partial charge in [0.05, 0.1) is 6.26 Å². The summed E-state index contributed by atoms with van der Waals surface area (Å²) in [5.74, 6) is 7.21. The van der Waals surface area contributed by atoms with E-state index < -0.39 is 0 Å². The fraction of sp³-hybridized carbons (Fsp3) is 0.438. The van der Waals surface area contributed by atoms with E-state index >= 15 is 0 Å². The second kappa shape index (κ2) is 6.20. The molecular weight excluding hydrogens is 250 g/mol. The quantitative estimate of drug-likeness (QED) is 0.648. The van der Waals surface area contributed by atoms with Gasteiger partial charge in [-0.3, -0.25) is 16.3 Å². The van der Waals surface area contributed by atoms with Gasteiger partial charge in [-0.15, -0.1) is 0 Å². The predicted octanol–water partition coefficient (Wildman–Crippen LogP) is 2.56. The minimum atomic E-state index is 0.244. The molecule has 106 valence electrons. The Morgan fingerprint density at radius 3 is 3.15 bits per heavy atom. The van der Waals surface area contributed by atoms with Crippen LogP contribution < -0.4 is 11.3 Å². The maximum atomic E-state index is 5.79. The van der Waals surface area contributed by atoms with Gasteiger partial charge < -0.3 is 4.42 Å². The summed E-state index contributed by atoms with van der Waals surface area (Å²) >= 11 is 0. The van der Waals surface area contributed by atoms with Crippen LogP contribution in [0.4, 0.5) is 0 Å². The molecule has 3 rings (SSSR count). The van der Waals surface area contributed by atoms with Crippen LogP contribution in [0.5, 0.6) is 0 Å². The van der Waals surface area contributed by atoms with E-state index in [1.165, 1.54) is 17.7 Å². The lowest BCUT2D eigenvalue weighted by Crippen LogP contribution is -2.41. The molecule has 1 aliphatic rings. The van der Waals surface area contributed by atoms with Gasteiger partial charge in [0.2, 0.25) is 0 Å². The summed E-state index contributed by atoms with van der Waals surface area (Å²) in [6, 6.07) is 8.40. The molecule has 20 heavy (non-hydrogen) atoms. The normalized spacial score (nSPS) is 19.6. The van der Waals surface area contributed by atoms with Crippen LogP contribution in [0.2, 0.25) is 0 Å². The number of pyridine rings is 1. The number of aromatic nitrogens is 1.